The first kappa shape index (κ1) is 12.3. The predicted octanol–water partition coefficient (Wildman–Crippen LogP) is 2.49. The normalized spacial score (nSPS) is 10.5. The summed E-state index contributed by atoms with van der Waals surface area (Å²) in [6, 6.07) is 0. The summed E-state index contributed by atoms with van der Waals surface area (Å²) in [6.45, 7) is 4.75. The number of thiol groups is 1. The molecule has 0 aromatic rings. The van der Waals surface area contributed by atoms with Crippen LogP contribution in [0.2, 0.25) is 0 Å². The van der Waals surface area contributed by atoms with Crippen LogP contribution < -0.4 is 0 Å². The largest absolute Gasteiger partial charge is 0.381 e. The zero-order chi connectivity index (χ0) is 9.07. The maximum absolute atomic E-state index is 5.38. The maximum Gasteiger partial charge on any atom is 0.0892 e. The Morgan fingerprint density at radius 3 is 2.08 bits per heavy atom. The lowest BCUT2D eigenvalue weighted by Crippen LogP contribution is -1.99. The second-order valence-electron chi connectivity index (χ2n) is 2.71. The SMILES string of the molecule is CCCCOCCCCOCS. The van der Waals surface area contributed by atoms with Gasteiger partial charge in [-0.3, -0.25) is 0 Å². The number of ether oxygens (including phenoxy) is 2. The van der Waals surface area contributed by atoms with Gasteiger partial charge in [-0.25, -0.2) is 0 Å². The molecular weight excluding hydrogens is 172 g/mol. The predicted molar refractivity (Wildman–Crippen MR) is 54.8 cm³/mol. The van der Waals surface area contributed by atoms with Crippen LogP contribution in [-0.4, -0.2) is 25.8 Å². The number of hydrogen-bond acceptors (Lipinski definition) is 3. The summed E-state index contributed by atoms with van der Waals surface area (Å²) in [7, 11) is 0. The Morgan fingerprint density at radius 1 is 0.917 bits per heavy atom. The average Bonchev–Trinajstić information content (AvgIpc) is 2.10. The molecule has 0 N–H and O–H groups in total. The molecule has 3 heteroatoms. The molecule has 0 heterocycles. The molecule has 0 saturated heterocycles. The number of rotatable bonds is 9. The van der Waals surface area contributed by atoms with E-state index in [4.69, 9.17) is 9.47 Å². The molecule has 0 atom stereocenters. The van der Waals surface area contributed by atoms with E-state index in [-0.39, 0.29) is 0 Å². The standard InChI is InChI=1S/C9H20O2S/c1-2-3-6-10-7-4-5-8-11-9-12/h12H,2-9H2,1H3. The van der Waals surface area contributed by atoms with E-state index < -0.39 is 0 Å². The second-order valence-corrected chi connectivity index (χ2v) is 2.97. The molecule has 0 rings (SSSR count). The molecule has 74 valence electrons. The molecule has 12 heavy (non-hydrogen) atoms. The zero-order valence-electron chi connectivity index (χ0n) is 7.92. The van der Waals surface area contributed by atoms with Crippen molar-refractivity contribution in [1.29, 1.82) is 0 Å². The van der Waals surface area contributed by atoms with E-state index in [1.807, 2.05) is 0 Å². The summed E-state index contributed by atoms with van der Waals surface area (Å²) in [5, 5.41) is 0. The van der Waals surface area contributed by atoms with Crippen molar-refractivity contribution in [1.82, 2.24) is 0 Å². The van der Waals surface area contributed by atoms with Crippen molar-refractivity contribution in [3.63, 3.8) is 0 Å². The summed E-state index contributed by atoms with van der Waals surface area (Å²) in [4.78, 5) is 0. The quantitative estimate of drug-likeness (QED) is 0.344. The van der Waals surface area contributed by atoms with Gasteiger partial charge in [-0.15, -0.1) is 0 Å². The summed E-state index contributed by atoms with van der Waals surface area (Å²) in [5.41, 5.74) is 0. The fraction of sp³-hybridized carbons (Fsp3) is 1.00. The highest BCUT2D eigenvalue weighted by molar-refractivity contribution is 7.80. The molecule has 0 aromatic carbocycles. The van der Waals surface area contributed by atoms with E-state index in [0.29, 0.717) is 5.94 Å². The third-order valence-electron chi connectivity index (χ3n) is 1.56. The van der Waals surface area contributed by atoms with Crippen LogP contribution in [0.1, 0.15) is 32.6 Å². The van der Waals surface area contributed by atoms with E-state index in [1.165, 1.54) is 12.8 Å². The Labute approximate surface area is 81.0 Å². The van der Waals surface area contributed by atoms with Gasteiger partial charge in [0.2, 0.25) is 0 Å². The van der Waals surface area contributed by atoms with Gasteiger partial charge in [0.05, 0.1) is 5.94 Å². The fourth-order valence-electron chi connectivity index (χ4n) is 0.821. The van der Waals surface area contributed by atoms with Gasteiger partial charge in [0.1, 0.15) is 0 Å². The van der Waals surface area contributed by atoms with Crippen molar-refractivity contribution in [2.24, 2.45) is 0 Å². The minimum atomic E-state index is 0.524. The molecule has 0 aromatic heterocycles. The van der Waals surface area contributed by atoms with Crippen LogP contribution in [0.5, 0.6) is 0 Å². The van der Waals surface area contributed by atoms with Gasteiger partial charge < -0.3 is 9.47 Å². The van der Waals surface area contributed by atoms with Crippen LogP contribution in [-0.2, 0) is 9.47 Å². The molecule has 0 spiro atoms. The van der Waals surface area contributed by atoms with Crippen LogP contribution in [0, 0.1) is 0 Å². The molecular formula is C9H20O2S. The van der Waals surface area contributed by atoms with E-state index in [1.54, 1.807) is 0 Å². The minimum absolute atomic E-state index is 0.524. The molecule has 0 amide bonds. The fourth-order valence-corrected chi connectivity index (χ4v) is 0.950. The summed E-state index contributed by atoms with van der Waals surface area (Å²) in [6.07, 6.45) is 4.56. The first-order valence-corrected chi connectivity index (χ1v) is 5.31. The molecule has 0 fully saturated rings. The lowest BCUT2D eigenvalue weighted by molar-refractivity contribution is 0.115. The summed E-state index contributed by atoms with van der Waals surface area (Å²) in [5.74, 6) is 0.524. The molecule has 0 aliphatic carbocycles. The van der Waals surface area contributed by atoms with Gasteiger partial charge in [0.25, 0.3) is 0 Å². The molecule has 0 unspecified atom stereocenters. The maximum atomic E-state index is 5.38. The molecule has 2 nitrogen and oxygen atoms in total. The Bertz CT molecular complexity index is 68.9. The zero-order valence-corrected chi connectivity index (χ0v) is 8.81. The van der Waals surface area contributed by atoms with Crippen molar-refractivity contribution >= 4 is 12.6 Å². The first-order valence-electron chi connectivity index (χ1n) is 4.68. The van der Waals surface area contributed by atoms with Crippen molar-refractivity contribution in [3.8, 4) is 0 Å². The highest BCUT2D eigenvalue weighted by atomic mass is 32.1. The van der Waals surface area contributed by atoms with Gasteiger partial charge in [0, 0.05) is 19.8 Å². The highest BCUT2D eigenvalue weighted by Gasteiger charge is 1.89. The molecule has 0 bridgehead atoms. The van der Waals surface area contributed by atoms with E-state index in [2.05, 4.69) is 19.6 Å². The van der Waals surface area contributed by atoms with Crippen LogP contribution in [0.15, 0.2) is 0 Å². The third-order valence-corrected chi connectivity index (χ3v) is 1.74. The molecule has 0 saturated carbocycles. The van der Waals surface area contributed by atoms with Gasteiger partial charge in [0.15, 0.2) is 0 Å². The average molecular weight is 192 g/mol. The highest BCUT2D eigenvalue weighted by Crippen LogP contribution is 1.94. The van der Waals surface area contributed by atoms with Crippen LogP contribution in [0.3, 0.4) is 0 Å². The van der Waals surface area contributed by atoms with Crippen molar-refractivity contribution in [2.75, 3.05) is 25.8 Å². The van der Waals surface area contributed by atoms with Gasteiger partial charge in [-0.2, -0.15) is 12.6 Å². The molecule has 0 radical (unpaired) electrons. The van der Waals surface area contributed by atoms with E-state index >= 15 is 0 Å². The second kappa shape index (κ2) is 11.3. The van der Waals surface area contributed by atoms with Crippen molar-refractivity contribution in [3.05, 3.63) is 0 Å². The lowest BCUT2D eigenvalue weighted by Gasteiger charge is -2.02. The summed E-state index contributed by atoms with van der Waals surface area (Å²) >= 11 is 3.94. The number of unbranched alkanes of at least 4 members (excludes halogenated alkanes) is 2. The van der Waals surface area contributed by atoms with E-state index in [0.717, 1.165) is 32.7 Å². The Kier molecular flexibility index (Phi) is 11.5. The number of hydrogen-bond donors (Lipinski definition) is 1. The minimum Gasteiger partial charge on any atom is -0.381 e. The monoisotopic (exact) mass is 192 g/mol. The molecule has 0 aliphatic heterocycles. The van der Waals surface area contributed by atoms with Crippen LogP contribution in [0.4, 0.5) is 0 Å². The van der Waals surface area contributed by atoms with Gasteiger partial charge >= 0.3 is 0 Å². The Morgan fingerprint density at radius 2 is 1.50 bits per heavy atom. The smallest absolute Gasteiger partial charge is 0.0892 e. The molecule has 0 aliphatic rings. The Hall–Kier alpha value is 0.270. The lowest BCUT2D eigenvalue weighted by atomic mass is 10.3. The van der Waals surface area contributed by atoms with Gasteiger partial charge in [-0.1, -0.05) is 13.3 Å². The van der Waals surface area contributed by atoms with Crippen molar-refractivity contribution in [2.45, 2.75) is 32.6 Å². The van der Waals surface area contributed by atoms with Gasteiger partial charge in [-0.05, 0) is 19.3 Å². The van der Waals surface area contributed by atoms with Crippen LogP contribution >= 0.6 is 12.6 Å². The first-order chi connectivity index (χ1) is 5.91. The Balaban J connectivity index is 2.73. The van der Waals surface area contributed by atoms with Crippen LogP contribution in [0.25, 0.3) is 0 Å². The van der Waals surface area contributed by atoms with Crippen molar-refractivity contribution < 1.29 is 9.47 Å². The third kappa shape index (κ3) is 10.3. The summed E-state index contributed by atoms with van der Waals surface area (Å²) < 4.78 is 10.4. The van der Waals surface area contributed by atoms with E-state index in [9.17, 15) is 0 Å². The topological polar surface area (TPSA) is 18.5 Å².